The molecule has 2 aliphatic heterocycles. The molecule has 0 spiro atoms. The Bertz CT molecular complexity index is 2430. The van der Waals surface area contributed by atoms with Gasteiger partial charge in [0, 0.05) is 33.4 Å². The molecule has 0 saturated heterocycles. The van der Waals surface area contributed by atoms with Crippen molar-refractivity contribution in [2.24, 2.45) is 0 Å². The van der Waals surface area contributed by atoms with E-state index in [4.69, 9.17) is 9.47 Å². The maximum Gasteiger partial charge on any atom is 0.178 e. The first-order valence-electron chi connectivity index (χ1n) is 18.8. The van der Waals surface area contributed by atoms with Crippen LogP contribution in [0.15, 0.2) is 194 Å². The number of ether oxygens (including phenoxy) is 2. The van der Waals surface area contributed by atoms with Gasteiger partial charge in [-0.05, 0) is 82.0 Å². The molecule has 2 heterocycles. The van der Waals surface area contributed by atoms with Crippen LogP contribution in [0, 0.1) is 0 Å². The van der Waals surface area contributed by atoms with Crippen LogP contribution in [0.5, 0.6) is 11.5 Å². The standard InChI is InChI=1S/C52H38O2/c1-5-19-41(20-6-1)51(42-21-7-2-8-22-42)33-31-47-45-27-15-13-17-37(45)35-39(49(47)53-51)29-30-40-36-38-18-14-16-28-46(38)48-32-34-52(54-50(40)48,43-23-9-3-10-24-43)44-25-11-4-12-26-44/h1-28,31-36H,29-30H2. The fourth-order valence-electron chi connectivity index (χ4n) is 8.53. The van der Waals surface area contributed by atoms with Crippen molar-refractivity contribution in [2.45, 2.75) is 24.0 Å². The summed E-state index contributed by atoms with van der Waals surface area (Å²) in [5.74, 6) is 1.87. The molecule has 0 aliphatic carbocycles. The molecular weight excluding hydrogens is 657 g/mol. The van der Waals surface area contributed by atoms with Crippen LogP contribution in [0.3, 0.4) is 0 Å². The summed E-state index contributed by atoms with van der Waals surface area (Å²) in [5, 5.41) is 4.79. The average Bonchev–Trinajstić information content (AvgIpc) is 3.26. The molecule has 0 atom stereocenters. The molecule has 0 saturated carbocycles. The Morgan fingerprint density at radius 2 is 0.667 bits per heavy atom. The Kier molecular flexibility index (Phi) is 7.77. The Labute approximate surface area is 316 Å². The zero-order valence-corrected chi connectivity index (χ0v) is 29.9. The zero-order chi connectivity index (χ0) is 36.0. The maximum absolute atomic E-state index is 7.42. The van der Waals surface area contributed by atoms with Crippen LogP contribution >= 0.6 is 0 Å². The summed E-state index contributed by atoms with van der Waals surface area (Å²) in [6, 6.07) is 64.3. The highest BCUT2D eigenvalue weighted by atomic mass is 16.5. The number of aryl methyl sites for hydroxylation is 2. The van der Waals surface area contributed by atoms with Crippen molar-refractivity contribution >= 4 is 33.7 Å². The van der Waals surface area contributed by atoms with Crippen LogP contribution in [-0.4, -0.2) is 0 Å². The van der Waals surface area contributed by atoms with E-state index in [1.807, 2.05) is 0 Å². The minimum Gasteiger partial charge on any atom is -0.473 e. The third-order valence-corrected chi connectivity index (χ3v) is 11.2. The van der Waals surface area contributed by atoms with Gasteiger partial charge >= 0.3 is 0 Å². The minimum atomic E-state index is -0.770. The van der Waals surface area contributed by atoms with E-state index in [0.29, 0.717) is 0 Å². The van der Waals surface area contributed by atoms with Crippen LogP contribution in [0.4, 0.5) is 0 Å². The lowest BCUT2D eigenvalue weighted by Crippen LogP contribution is -2.35. The first kappa shape index (κ1) is 32.0. The summed E-state index contributed by atoms with van der Waals surface area (Å²) in [6.07, 6.45) is 10.6. The van der Waals surface area contributed by atoms with Gasteiger partial charge in [0.25, 0.3) is 0 Å². The molecule has 0 bridgehead atoms. The normalized spacial score (nSPS) is 14.9. The average molecular weight is 695 g/mol. The Hall–Kier alpha value is -6.64. The van der Waals surface area contributed by atoms with Crippen molar-refractivity contribution in [3.05, 3.63) is 239 Å². The molecule has 0 fully saturated rings. The zero-order valence-electron chi connectivity index (χ0n) is 29.9. The highest BCUT2D eigenvalue weighted by Gasteiger charge is 2.40. The predicted molar refractivity (Wildman–Crippen MR) is 222 cm³/mol. The first-order valence-corrected chi connectivity index (χ1v) is 18.8. The minimum absolute atomic E-state index is 0.766. The highest BCUT2D eigenvalue weighted by Crippen LogP contribution is 2.48. The van der Waals surface area contributed by atoms with Gasteiger partial charge in [-0.15, -0.1) is 0 Å². The smallest absolute Gasteiger partial charge is 0.178 e. The van der Waals surface area contributed by atoms with Crippen LogP contribution in [0.25, 0.3) is 33.7 Å². The highest BCUT2D eigenvalue weighted by molar-refractivity contribution is 5.96. The summed E-state index contributed by atoms with van der Waals surface area (Å²) < 4.78 is 14.8. The van der Waals surface area contributed by atoms with E-state index in [1.165, 1.54) is 32.7 Å². The first-order chi connectivity index (χ1) is 26.7. The van der Waals surface area contributed by atoms with Gasteiger partial charge < -0.3 is 9.47 Å². The quantitative estimate of drug-likeness (QED) is 0.165. The van der Waals surface area contributed by atoms with Crippen molar-refractivity contribution in [3.63, 3.8) is 0 Å². The summed E-state index contributed by atoms with van der Waals surface area (Å²) in [4.78, 5) is 0. The molecule has 0 aromatic heterocycles. The lowest BCUT2D eigenvalue weighted by atomic mass is 9.82. The summed E-state index contributed by atoms with van der Waals surface area (Å²) >= 11 is 0. The molecule has 0 unspecified atom stereocenters. The van der Waals surface area contributed by atoms with Crippen molar-refractivity contribution in [2.75, 3.05) is 0 Å². The number of fused-ring (bicyclic) bond motifs is 6. The van der Waals surface area contributed by atoms with E-state index in [0.717, 1.165) is 57.7 Å². The van der Waals surface area contributed by atoms with Gasteiger partial charge in [0.2, 0.25) is 0 Å². The van der Waals surface area contributed by atoms with Crippen LogP contribution in [0.1, 0.15) is 44.5 Å². The molecule has 258 valence electrons. The lowest BCUT2D eigenvalue weighted by molar-refractivity contribution is 0.158. The molecular formula is C52H38O2. The van der Waals surface area contributed by atoms with Gasteiger partial charge in [-0.3, -0.25) is 0 Å². The number of benzene rings is 8. The number of hydrogen-bond donors (Lipinski definition) is 0. The molecule has 0 amide bonds. The van der Waals surface area contributed by atoms with Crippen LogP contribution < -0.4 is 9.47 Å². The van der Waals surface area contributed by atoms with E-state index >= 15 is 0 Å². The topological polar surface area (TPSA) is 18.5 Å². The molecule has 2 nitrogen and oxygen atoms in total. The van der Waals surface area contributed by atoms with Crippen molar-refractivity contribution in [3.8, 4) is 11.5 Å². The van der Waals surface area contributed by atoms with Gasteiger partial charge in [-0.2, -0.15) is 0 Å². The lowest BCUT2D eigenvalue weighted by Gasteiger charge is -2.38. The molecule has 54 heavy (non-hydrogen) atoms. The van der Waals surface area contributed by atoms with Crippen molar-refractivity contribution in [1.29, 1.82) is 0 Å². The Morgan fingerprint density at radius 1 is 0.352 bits per heavy atom. The van der Waals surface area contributed by atoms with Crippen molar-refractivity contribution in [1.82, 2.24) is 0 Å². The van der Waals surface area contributed by atoms with E-state index in [2.05, 4.69) is 206 Å². The monoisotopic (exact) mass is 694 g/mol. The van der Waals surface area contributed by atoms with Gasteiger partial charge in [0.15, 0.2) is 11.2 Å². The van der Waals surface area contributed by atoms with Gasteiger partial charge in [-0.25, -0.2) is 0 Å². The van der Waals surface area contributed by atoms with E-state index in [-0.39, 0.29) is 0 Å². The van der Waals surface area contributed by atoms with Gasteiger partial charge in [0.1, 0.15) is 11.5 Å². The third kappa shape index (κ3) is 5.25. The maximum atomic E-state index is 7.42. The Morgan fingerprint density at radius 3 is 1.02 bits per heavy atom. The largest absolute Gasteiger partial charge is 0.473 e. The predicted octanol–water partition coefficient (Wildman–Crippen LogP) is 12.5. The van der Waals surface area contributed by atoms with Crippen LogP contribution in [-0.2, 0) is 24.0 Å². The summed E-state index contributed by atoms with van der Waals surface area (Å²) in [5.41, 5.74) is 7.44. The number of hydrogen-bond acceptors (Lipinski definition) is 2. The number of rotatable bonds is 7. The fourth-order valence-corrected chi connectivity index (χ4v) is 8.53. The van der Waals surface area contributed by atoms with Crippen LogP contribution in [0.2, 0.25) is 0 Å². The molecule has 8 aromatic carbocycles. The molecule has 2 heteroatoms. The second kappa shape index (κ2) is 13.1. The third-order valence-electron chi connectivity index (χ3n) is 11.2. The van der Waals surface area contributed by atoms with Gasteiger partial charge in [-0.1, -0.05) is 170 Å². The van der Waals surface area contributed by atoms with Crippen molar-refractivity contribution < 1.29 is 9.47 Å². The van der Waals surface area contributed by atoms with Gasteiger partial charge in [0.05, 0.1) is 0 Å². The SMILES string of the molecule is C1=CC(c2ccccc2)(c2ccccc2)Oc2c(CCc3cc4ccccc4c4c3OC(c3ccccc3)(c3ccccc3)C=C4)cc3ccccc3c21. The second-order valence-electron chi connectivity index (χ2n) is 14.3. The molecule has 0 N–H and O–H groups in total. The second-order valence-corrected chi connectivity index (χ2v) is 14.3. The molecule has 2 aliphatic rings. The summed E-state index contributed by atoms with van der Waals surface area (Å²) in [6.45, 7) is 0. The summed E-state index contributed by atoms with van der Waals surface area (Å²) in [7, 11) is 0. The molecule has 0 radical (unpaired) electrons. The molecule has 8 aromatic rings. The van der Waals surface area contributed by atoms with E-state index in [9.17, 15) is 0 Å². The van der Waals surface area contributed by atoms with E-state index in [1.54, 1.807) is 0 Å². The Balaban J connectivity index is 1.12. The molecule has 10 rings (SSSR count). The van der Waals surface area contributed by atoms with E-state index < -0.39 is 11.2 Å². The fraction of sp³-hybridized carbons (Fsp3) is 0.0769.